The number of hydrogen-bond donors (Lipinski definition) is 1. The third-order valence-electron chi connectivity index (χ3n) is 4.38. The SMILES string of the molecule is CC(C)(C)NCC1CCC1C1CCCC1. The van der Waals surface area contributed by atoms with Crippen LogP contribution in [0.25, 0.3) is 0 Å². The fraction of sp³-hybridized carbons (Fsp3) is 1.00. The molecule has 0 bridgehead atoms. The van der Waals surface area contributed by atoms with E-state index in [9.17, 15) is 0 Å². The Bertz CT molecular complexity index is 198. The summed E-state index contributed by atoms with van der Waals surface area (Å²) in [5.41, 5.74) is 0.301. The van der Waals surface area contributed by atoms with Crippen LogP contribution in [-0.4, -0.2) is 12.1 Å². The van der Waals surface area contributed by atoms with E-state index in [4.69, 9.17) is 0 Å². The first-order valence-electron chi connectivity index (χ1n) is 6.81. The second kappa shape index (κ2) is 4.45. The van der Waals surface area contributed by atoms with Crippen LogP contribution in [0.1, 0.15) is 59.3 Å². The lowest BCUT2D eigenvalue weighted by Gasteiger charge is -2.42. The number of rotatable bonds is 3. The quantitative estimate of drug-likeness (QED) is 0.749. The molecular weight excluding hydrogens is 182 g/mol. The van der Waals surface area contributed by atoms with Gasteiger partial charge in [0.25, 0.3) is 0 Å². The number of hydrogen-bond acceptors (Lipinski definition) is 1. The van der Waals surface area contributed by atoms with Gasteiger partial charge in [-0.3, -0.25) is 0 Å². The second-order valence-corrected chi connectivity index (χ2v) is 6.68. The molecule has 2 aliphatic rings. The van der Waals surface area contributed by atoms with Crippen molar-refractivity contribution in [1.29, 1.82) is 0 Å². The van der Waals surface area contributed by atoms with Crippen molar-refractivity contribution in [3.63, 3.8) is 0 Å². The highest BCUT2D eigenvalue weighted by molar-refractivity contribution is 4.90. The van der Waals surface area contributed by atoms with Crippen LogP contribution in [0.2, 0.25) is 0 Å². The fourth-order valence-electron chi connectivity index (χ4n) is 3.29. The second-order valence-electron chi connectivity index (χ2n) is 6.68. The average molecular weight is 209 g/mol. The molecule has 2 saturated carbocycles. The lowest BCUT2D eigenvalue weighted by atomic mass is 9.66. The van der Waals surface area contributed by atoms with E-state index in [2.05, 4.69) is 26.1 Å². The molecular formula is C14H27N. The molecule has 0 aromatic carbocycles. The van der Waals surface area contributed by atoms with Gasteiger partial charge in [-0.1, -0.05) is 25.7 Å². The molecule has 0 aliphatic heterocycles. The van der Waals surface area contributed by atoms with Gasteiger partial charge < -0.3 is 5.32 Å². The maximum Gasteiger partial charge on any atom is 0.00966 e. The summed E-state index contributed by atoms with van der Waals surface area (Å²) in [5.74, 6) is 3.15. The Morgan fingerprint density at radius 1 is 1.00 bits per heavy atom. The minimum Gasteiger partial charge on any atom is -0.312 e. The molecule has 2 unspecified atom stereocenters. The molecule has 1 N–H and O–H groups in total. The minimum atomic E-state index is 0.301. The van der Waals surface area contributed by atoms with Gasteiger partial charge in [0.1, 0.15) is 0 Å². The zero-order valence-corrected chi connectivity index (χ0v) is 10.7. The van der Waals surface area contributed by atoms with Gasteiger partial charge in [-0.15, -0.1) is 0 Å². The lowest BCUT2D eigenvalue weighted by molar-refractivity contribution is 0.0984. The highest BCUT2D eigenvalue weighted by atomic mass is 14.9. The summed E-state index contributed by atoms with van der Waals surface area (Å²) < 4.78 is 0. The molecule has 0 spiro atoms. The van der Waals surface area contributed by atoms with E-state index in [1.165, 1.54) is 45.1 Å². The van der Waals surface area contributed by atoms with Crippen molar-refractivity contribution in [2.24, 2.45) is 17.8 Å². The van der Waals surface area contributed by atoms with Crippen molar-refractivity contribution in [2.75, 3.05) is 6.54 Å². The molecule has 1 heteroatoms. The molecule has 2 fully saturated rings. The standard InChI is InChI=1S/C14H27N/c1-14(2,3)15-10-12-8-9-13(12)11-6-4-5-7-11/h11-13,15H,4-10H2,1-3H3. The van der Waals surface area contributed by atoms with E-state index in [1.807, 2.05) is 0 Å². The van der Waals surface area contributed by atoms with E-state index in [0.717, 1.165) is 17.8 Å². The summed E-state index contributed by atoms with van der Waals surface area (Å²) in [4.78, 5) is 0. The molecule has 2 aliphatic carbocycles. The van der Waals surface area contributed by atoms with Crippen LogP contribution >= 0.6 is 0 Å². The summed E-state index contributed by atoms with van der Waals surface area (Å²) in [6.45, 7) is 8.08. The monoisotopic (exact) mass is 209 g/mol. The first-order chi connectivity index (χ1) is 7.06. The van der Waals surface area contributed by atoms with Gasteiger partial charge in [0.05, 0.1) is 0 Å². The van der Waals surface area contributed by atoms with Crippen molar-refractivity contribution in [1.82, 2.24) is 5.32 Å². The van der Waals surface area contributed by atoms with Gasteiger partial charge in [0.15, 0.2) is 0 Å². The van der Waals surface area contributed by atoms with Crippen LogP contribution in [0.3, 0.4) is 0 Å². The largest absolute Gasteiger partial charge is 0.312 e. The minimum absolute atomic E-state index is 0.301. The van der Waals surface area contributed by atoms with Crippen LogP contribution in [0.15, 0.2) is 0 Å². The predicted molar refractivity (Wildman–Crippen MR) is 65.9 cm³/mol. The van der Waals surface area contributed by atoms with Gasteiger partial charge in [0, 0.05) is 5.54 Å². The third kappa shape index (κ3) is 2.96. The van der Waals surface area contributed by atoms with E-state index in [1.54, 1.807) is 0 Å². The summed E-state index contributed by atoms with van der Waals surface area (Å²) in [5, 5.41) is 3.68. The highest BCUT2D eigenvalue weighted by Gasteiger charge is 2.37. The molecule has 0 amide bonds. The topological polar surface area (TPSA) is 12.0 Å². The van der Waals surface area contributed by atoms with Crippen molar-refractivity contribution in [3.05, 3.63) is 0 Å². The van der Waals surface area contributed by atoms with Crippen LogP contribution in [0.4, 0.5) is 0 Å². The first kappa shape index (κ1) is 11.4. The van der Waals surface area contributed by atoms with Crippen LogP contribution < -0.4 is 5.32 Å². The Morgan fingerprint density at radius 2 is 1.67 bits per heavy atom. The van der Waals surface area contributed by atoms with Crippen LogP contribution in [-0.2, 0) is 0 Å². The van der Waals surface area contributed by atoms with E-state index < -0.39 is 0 Å². The Labute approximate surface area is 95.0 Å². The van der Waals surface area contributed by atoms with Crippen LogP contribution in [0.5, 0.6) is 0 Å². The molecule has 0 aromatic rings. The van der Waals surface area contributed by atoms with Gasteiger partial charge >= 0.3 is 0 Å². The van der Waals surface area contributed by atoms with E-state index >= 15 is 0 Å². The summed E-state index contributed by atoms with van der Waals surface area (Å²) in [7, 11) is 0. The zero-order chi connectivity index (χ0) is 10.9. The van der Waals surface area contributed by atoms with Gasteiger partial charge in [-0.2, -0.15) is 0 Å². The van der Waals surface area contributed by atoms with Crippen LogP contribution in [0, 0.1) is 17.8 Å². The summed E-state index contributed by atoms with van der Waals surface area (Å²) >= 11 is 0. The van der Waals surface area contributed by atoms with Gasteiger partial charge in [0.2, 0.25) is 0 Å². The van der Waals surface area contributed by atoms with E-state index in [-0.39, 0.29) is 0 Å². The molecule has 2 rings (SSSR count). The average Bonchev–Trinajstić information content (AvgIpc) is 2.53. The molecule has 88 valence electrons. The molecule has 0 radical (unpaired) electrons. The zero-order valence-electron chi connectivity index (χ0n) is 10.7. The molecule has 0 heterocycles. The molecule has 0 saturated heterocycles. The van der Waals surface area contributed by atoms with Gasteiger partial charge in [-0.05, 0) is 57.9 Å². The van der Waals surface area contributed by atoms with Crippen molar-refractivity contribution in [3.8, 4) is 0 Å². The Kier molecular flexibility index (Phi) is 3.39. The highest BCUT2D eigenvalue weighted by Crippen LogP contribution is 2.45. The summed E-state index contributed by atoms with van der Waals surface area (Å²) in [6, 6.07) is 0. The Morgan fingerprint density at radius 3 is 2.13 bits per heavy atom. The van der Waals surface area contributed by atoms with E-state index in [0.29, 0.717) is 5.54 Å². The maximum atomic E-state index is 3.68. The maximum absolute atomic E-state index is 3.68. The normalized spacial score (nSPS) is 33.0. The third-order valence-corrected chi connectivity index (χ3v) is 4.38. The van der Waals surface area contributed by atoms with Crippen molar-refractivity contribution in [2.45, 2.75) is 64.8 Å². The first-order valence-corrected chi connectivity index (χ1v) is 6.81. The van der Waals surface area contributed by atoms with Gasteiger partial charge in [-0.25, -0.2) is 0 Å². The number of nitrogens with one attached hydrogen (secondary N) is 1. The Balaban J connectivity index is 1.74. The van der Waals surface area contributed by atoms with Crippen molar-refractivity contribution >= 4 is 0 Å². The predicted octanol–water partition coefficient (Wildman–Crippen LogP) is 3.59. The Hall–Kier alpha value is -0.0400. The lowest BCUT2D eigenvalue weighted by Crippen LogP contribution is -2.45. The fourth-order valence-corrected chi connectivity index (χ4v) is 3.29. The summed E-state index contributed by atoms with van der Waals surface area (Å²) in [6.07, 6.45) is 9.04. The van der Waals surface area contributed by atoms with Crippen molar-refractivity contribution < 1.29 is 0 Å². The smallest absolute Gasteiger partial charge is 0.00966 e. The molecule has 15 heavy (non-hydrogen) atoms. The molecule has 0 aromatic heterocycles. The molecule has 1 nitrogen and oxygen atoms in total. The molecule has 2 atom stereocenters.